The van der Waals surface area contributed by atoms with Crippen molar-refractivity contribution in [3.63, 3.8) is 0 Å². The van der Waals surface area contributed by atoms with Crippen molar-refractivity contribution in [3.05, 3.63) is 16.6 Å². The van der Waals surface area contributed by atoms with Gasteiger partial charge in [-0.2, -0.15) is 0 Å². The van der Waals surface area contributed by atoms with Gasteiger partial charge in [-0.15, -0.1) is 0 Å². The first kappa shape index (κ1) is 9.45. The Hall–Kier alpha value is -1.10. The highest BCUT2D eigenvalue weighted by Gasteiger charge is 2.10. The van der Waals surface area contributed by atoms with Crippen LogP contribution in [0.15, 0.2) is 21.2 Å². The number of hydrogen-bond donors (Lipinski definition) is 0. The van der Waals surface area contributed by atoms with Gasteiger partial charge in [-0.05, 0) is 36.3 Å². The van der Waals surface area contributed by atoms with E-state index in [0.717, 1.165) is 4.47 Å². The van der Waals surface area contributed by atoms with Crippen molar-refractivity contribution in [1.29, 1.82) is 0 Å². The summed E-state index contributed by atoms with van der Waals surface area (Å²) < 4.78 is 11.1. The molecule has 0 unspecified atom stereocenters. The van der Waals surface area contributed by atoms with E-state index in [0.29, 0.717) is 16.8 Å². The maximum atomic E-state index is 5.57. The Bertz CT molecular complexity index is 453. The lowest BCUT2D eigenvalue weighted by Crippen LogP contribution is -2.05. The zero-order chi connectivity index (χ0) is 10.1. The van der Waals surface area contributed by atoms with E-state index in [4.69, 9.17) is 4.74 Å². The van der Waals surface area contributed by atoms with Crippen LogP contribution in [-0.2, 0) is 0 Å². The number of benzene rings is 1. The average Bonchev–Trinajstić information content (AvgIpc) is 2.50. The molecule has 74 valence electrons. The Morgan fingerprint density at radius 2 is 2.14 bits per heavy atom. The summed E-state index contributed by atoms with van der Waals surface area (Å²) in [7, 11) is 0. The molecule has 0 saturated heterocycles. The van der Waals surface area contributed by atoms with Crippen molar-refractivity contribution < 1.29 is 9.37 Å². The van der Waals surface area contributed by atoms with Crippen molar-refractivity contribution in [2.45, 2.75) is 20.0 Å². The third-order valence-electron chi connectivity index (χ3n) is 1.65. The lowest BCUT2D eigenvalue weighted by Gasteiger charge is -2.09. The first-order chi connectivity index (χ1) is 6.66. The molecule has 0 amide bonds. The SMILES string of the molecule is CC(C)Oc1cc(Br)cc2nonc12. The van der Waals surface area contributed by atoms with Gasteiger partial charge in [-0.3, -0.25) is 0 Å². The molecule has 4 nitrogen and oxygen atoms in total. The Kier molecular flexibility index (Phi) is 2.41. The van der Waals surface area contributed by atoms with Crippen LogP contribution < -0.4 is 4.74 Å². The molecule has 0 aliphatic rings. The molecule has 1 aromatic heterocycles. The zero-order valence-corrected chi connectivity index (χ0v) is 9.41. The first-order valence-electron chi connectivity index (χ1n) is 4.25. The van der Waals surface area contributed by atoms with Crippen LogP contribution in [-0.4, -0.2) is 16.4 Å². The van der Waals surface area contributed by atoms with Crippen molar-refractivity contribution >= 4 is 27.0 Å². The summed E-state index contributed by atoms with van der Waals surface area (Å²) >= 11 is 3.37. The molecule has 0 bridgehead atoms. The van der Waals surface area contributed by atoms with Gasteiger partial charge in [0.1, 0.15) is 5.52 Å². The molecular weight excluding hydrogens is 248 g/mol. The smallest absolute Gasteiger partial charge is 0.177 e. The Morgan fingerprint density at radius 1 is 1.36 bits per heavy atom. The molecule has 1 heterocycles. The minimum absolute atomic E-state index is 0.101. The Labute approximate surface area is 89.3 Å². The van der Waals surface area contributed by atoms with Gasteiger partial charge >= 0.3 is 0 Å². The van der Waals surface area contributed by atoms with Gasteiger partial charge < -0.3 is 4.74 Å². The highest BCUT2D eigenvalue weighted by Crippen LogP contribution is 2.28. The average molecular weight is 257 g/mol. The summed E-state index contributed by atoms with van der Waals surface area (Å²) in [6, 6.07) is 3.69. The van der Waals surface area contributed by atoms with Crippen molar-refractivity contribution in [2.75, 3.05) is 0 Å². The molecular formula is C9H9BrN2O2. The van der Waals surface area contributed by atoms with Gasteiger partial charge in [-0.1, -0.05) is 15.9 Å². The summed E-state index contributed by atoms with van der Waals surface area (Å²) in [5.74, 6) is 0.686. The molecule has 0 spiro atoms. The van der Waals surface area contributed by atoms with Crippen LogP contribution in [0.4, 0.5) is 0 Å². The monoisotopic (exact) mass is 256 g/mol. The van der Waals surface area contributed by atoms with E-state index in [2.05, 4.69) is 30.9 Å². The molecule has 1 aromatic carbocycles. The fourth-order valence-electron chi connectivity index (χ4n) is 1.17. The van der Waals surface area contributed by atoms with E-state index in [-0.39, 0.29) is 6.10 Å². The van der Waals surface area contributed by atoms with Gasteiger partial charge in [0, 0.05) is 4.47 Å². The van der Waals surface area contributed by atoms with Gasteiger partial charge in [0.15, 0.2) is 11.3 Å². The number of nitrogens with zero attached hydrogens (tertiary/aromatic N) is 2. The van der Waals surface area contributed by atoms with Crippen molar-refractivity contribution in [2.24, 2.45) is 0 Å². The second-order valence-corrected chi connectivity index (χ2v) is 4.12. The summed E-state index contributed by atoms with van der Waals surface area (Å²) in [6.45, 7) is 3.92. The van der Waals surface area contributed by atoms with Crippen LogP contribution in [0.5, 0.6) is 5.75 Å². The maximum Gasteiger partial charge on any atom is 0.177 e. The lowest BCUT2D eigenvalue weighted by atomic mass is 10.3. The van der Waals surface area contributed by atoms with Crippen molar-refractivity contribution in [1.82, 2.24) is 10.3 Å². The summed E-state index contributed by atoms with van der Waals surface area (Å²) in [4.78, 5) is 0. The van der Waals surface area contributed by atoms with E-state index < -0.39 is 0 Å². The molecule has 0 aliphatic heterocycles. The Balaban J connectivity index is 2.55. The van der Waals surface area contributed by atoms with Gasteiger partial charge in [-0.25, -0.2) is 4.63 Å². The molecule has 0 N–H and O–H groups in total. The number of rotatable bonds is 2. The number of aromatic nitrogens is 2. The third-order valence-corrected chi connectivity index (χ3v) is 2.11. The molecule has 2 aromatic rings. The van der Waals surface area contributed by atoms with E-state index >= 15 is 0 Å². The summed E-state index contributed by atoms with van der Waals surface area (Å²) in [5.41, 5.74) is 1.34. The first-order valence-corrected chi connectivity index (χ1v) is 5.04. The highest BCUT2D eigenvalue weighted by molar-refractivity contribution is 9.10. The second kappa shape index (κ2) is 3.57. The molecule has 14 heavy (non-hydrogen) atoms. The van der Waals surface area contributed by atoms with Crippen LogP contribution in [0, 0.1) is 0 Å². The molecule has 0 radical (unpaired) electrons. The van der Waals surface area contributed by atoms with Crippen molar-refractivity contribution in [3.8, 4) is 5.75 Å². The van der Waals surface area contributed by atoms with E-state index in [1.165, 1.54) is 0 Å². The summed E-state index contributed by atoms with van der Waals surface area (Å²) in [5, 5.41) is 7.53. The fraction of sp³-hybridized carbons (Fsp3) is 0.333. The van der Waals surface area contributed by atoms with Gasteiger partial charge in [0.25, 0.3) is 0 Å². The van der Waals surface area contributed by atoms with Crippen LogP contribution in [0.1, 0.15) is 13.8 Å². The Morgan fingerprint density at radius 3 is 2.86 bits per heavy atom. The molecule has 5 heteroatoms. The largest absolute Gasteiger partial charge is 0.488 e. The topological polar surface area (TPSA) is 48.2 Å². The van der Waals surface area contributed by atoms with Crippen LogP contribution in [0.25, 0.3) is 11.0 Å². The second-order valence-electron chi connectivity index (χ2n) is 3.20. The third kappa shape index (κ3) is 1.72. The molecule has 0 saturated carbocycles. The normalized spacial score (nSPS) is 11.1. The van der Waals surface area contributed by atoms with E-state index in [9.17, 15) is 0 Å². The number of ether oxygens (including phenoxy) is 1. The predicted molar refractivity (Wildman–Crippen MR) is 55.3 cm³/mol. The lowest BCUT2D eigenvalue weighted by molar-refractivity contribution is 0.243. The van der Waals surface area contributed by atoms with E-state index in [1.54, 1.807) is 0 Å². The standard InChI is InChI=1S/C9H9BrN2O2/c1-5(2)13-8-4-6(10)3-7-9(8)12-14-11-7/h3-5H,1-2H3. The van der Waals surface area contributed by atoms with Gasteiger partial charge in [0.05, 0.1) is 6.10 Å². The number of halogens is 1. The predicted octanol–water partition coefficient (Wildman–Crippen LogP) is 2.77. The quantitative estimate of drug-likeness (QED) is 0.829. The van der Waals surface area contributed by atoms with Crippen LogP contribution >= 0.6 is 15.9 Å². The minimum atomic E-state index is 0.101. The van der Waals surface area contributed by atoms with Crippen LogP contribution in [0.2, 0.25) is 0 Å². The summed E-state index contributed by atoms with van der Waals surface area (Å²) in [6.07, 6.45) is 0.101. The highest BCUT2D eigenvalue weighted by atomic mass is 79.9. The van der Waals surface area contributed by atoms with Crippen LogP contribution in [0.3, 0.4) is 0 Å². The molecule has 0 atom stereocenters. The number of fused-ring (bicyclic) bond motifs is 1. The molecule has 0 aliphatic carbocycles. The van der Waals surface area contributed by atoms with E-state index in [1.807, 2.05) is 26.0 Å². The van der Waals surface area contributed by atoms with Gasteiger partial charge in [0.2, 0.25) is 0 Å². The maximum absolute atomic E-state index is 5.57. The molecule has 2 rings (SSSR count). The molecule has 0 fully saturated rings. The fourth-order valence-corrected chi connectivity index (χ4v) is 1.60. The number of hydrogen-bond acceptors (Lipinski definition) is 4. The zero-order valence-electron chi connectivity index (χ0n) is 7.82. The minimum Gasteiger partial charge on any atom is -0.488 e.